The maximum absolute atomic E-state index is 5.09. The van der Waals surface area contributed by atoms with Gasteiger partial charge in [0, 0.05) is 33.0 Å². The molecule has 0 spiro atoms. The standard InChI is InChI=1S/C37H25N5/c1-3-12-27-26-18-10-17-23-21-22-30-33(31(23)26)32-28(34(27)38-2)19-11-20-29(32)42(30)37-40-35(24-13-6-4-7-14-24)39-36(41-37)25-15-8-5-9-16-25/h3-22H,2H2,1H3/b12-3-. The van der Waals surface area contributed by atoms with Crippen molar-refractivity contribution >= 4 is 50.6 Å². The van der Waals surface area contributed by atoms with Crippen molar-refractivity contribution in [3.63, 3.8) is 0 Å². The summed E-state index contributed by atoms with van der Waals surface area (Å²) in [6.45, 7) is 6.05. The van der Waals surface area contributed by atoms with E-state index in [9.17, 15) is 0 Å². The third kappa shape index (κ3) is 3.50. The number of benzene rings is 5. The first-order chi connectivity index (χ1) is 20.8. The molecule has 0 aliphatic heterocycles. The van der Waals surface area contributed by atoms with Gasteiger partial charge in [-0.2, -0.15) is 9.97 Å². The zero-order chi connectivity index (χ0) is 28.2. The predicted molar refractivity (Wildman–Crippen MR) is 174 cm³/mol. The Morgan fingerprint density at radius 2 is 1.26 bits per heavy atom. The van der Waals surface area contributed by atoms with Gasteiger partial charge in [0.25, 0.3) is 0 Å². The fraction of sp³-hybridized carbons (Fsp3) is 0.0270. The number of nitrogens with zero attached hydrogens (tertiary/aromatic N) is 5. The predicted octanol–water partition coefficient (Wildman–Crippen LogP) is 8.91. The molecule has 0 radical (unpaired) electrons. The van der Waals surface area contributed by atoms with Crippen LogP contribution in [0.5, 0.6) is 0 Å². The van der Waals surface area contributed by atoms with Gasteiger partial charge in [0.1, 0.15) is 0 Å². The van der Waals surface area contributed by atoms with E-state index in [4.69, 9.17) is 15.0 Å². The number of hydrogen-bond donors (Lipinski definition) is 0. The molecule has 5 heteroatoms. The van der Waals surface area contributed by atoms with Crippen LogP contribution in [-0.2, 0) is 0 Å². The first-order valence-electron chi connectivity index (χ1n) is 14.0. The Labute approximate surface area is 242 Å². The van der Waals surface area contributed by atoms with E-state index < -0.39 is 0 Å². The SMILES string of the molecule is C=NC1=C(/C=C\C)c2cccc3ccc4c(c23)c2c1cccc2n4-c1nc(-c2ccccc2)nc(-c2ccccc2)n1. The van der Waals surface area contributed by atoms with E-state index in [1.165, 1.54) is 10.8 Å². The molecule has 198 valence electrons. The molecule has 0 atom stereocenters. The van der Waals surface area contributed by atoms with Crippen molar-refractivity contribution in [2.45, 2.75) is 6.92 Å². The summed E-state index contributed by atoms with van der Waals surface area (Å²) in [5.41, 5.74) is 8.04. The molecule has 1 aliphatic rings. The molecular weight excluding hydrogens is 514 g/mol. The normalized spacial score (nSPS) is 12.8. The van der Waals surface area contributed by atoms with Gasteiger partial charge < -0.3 is 0 Å². The summed E-state index contributed by atoms with van der Waals surface area (Å²) in [6.07, 6.45) is 4.21. The average Bonchev–Trinajstić information content (AvgIpc) is 3.34. The highest BCUT2D eigenvalue weighted by atomic mass is 15.2. The van der Waals surface area contributed by atoms with Gasteiger partial charge in [0.2, 0.25) is 5.95 Å². The molecule has 8 rings (SSSR count). The van der Waals surface area contributed by atoms with E-state index in [1.54, 1.807) is 0 Å². The minimum atomic E-state index is 0.572. The van der Waals surface area contributed by atoms with E-state index in [0.717, 1.165) is 55.3 Å². The van der Waals surface area contributed by atoms with Gasteiger partial charge in [-0.25, -0.2) is 4.98 Å². The Balaban J connectivity index is 1.54. The molecule has 5 aromatic carbocycles. The summed E-state index contributed by atoms with van der Waals surface area (Å²) < 4.78 is 2.17. The van der Waals surface area contributed by atoms with Crippen molar-refractivity contribution in [1.29, 1.82) is 0 Å². The summed E-state index contributed by atoms with van der Waals surface area (Å²) in [5.74, 6) is 1.83. The molecule has 2 aromatic heterocycles. The van der Waals surface area contributed by atoms with E-state index in [0.29, 0.717) is 17.6 Å². The van der Waals surface area contributed by atoms with Crippen LogP contribution in [0.3, 0.4) is 0 Å². The largest absolute Gasteiger partial charge is 0.278 e. The molecule has 2 heterocycles. The lowest BCUT2D eigenvalue weighted by atomic mass is 9.95. The van der Waals surface area contributed by atoms with Gasteiger partial charge in [-0.3, -0.25) is 9.56 Å². The average molecular weight is 540 g/mol. The Morgan fingerprint density at radius 1 is 0.619 bits per heavy atom. The van der Waals surface area contributed by atoms with Crippen molar-refractivity contribution in [1.82, 2.24) is 19.5 Å². The third-order valence-corrected chi connectivity index (χ3v) is 7.98. The minimum absolute atomic E-state index is 0.572. The fourth-order valence-corrected chi connectivity index (χ4v) is 6.24. The quantitative estimate of drug-likeness (QED) is 0.205. The van der Waals surface area contributed by atoms with Crippen molar-refractivity contribution in [3.8, 4) is 28.7 Å². The highest BCUT2D eigenvalue weighted by molar-refractivity contribution is 6.29. The zero-order valence-corrected chi connectivity index (χ0v) is 23.0. The lowest BCUT2D eigenvalue weighted by molar-refractivity contribution is 0.953. The number of aliphatic imine (C=N–C) groups is 1. The van der Waals surface area contributed by atoms with Crippen LogP contribution in [0.15, 0.2) is 126 Å². The van der Waals surface area contributed by atoms with Crippen LogP contribution in [0.25, 0.3) is 72.6 Å². The number of allylic oxidation sites excluding steroid dienone is 3. The second-order valence-corrected chi connectivity index (χ2v) is 10.3. The lowest BCUT2D eigenvalue weighted by Gasteiger charge is -2.13. The topological polar surface area (TPSA) is 56.0 Å². The first-order valence-corrected chi connectivity index (χ1v) is 14.0. The Bertz CT molecular complexity index is 2200. The third-order valence-electron chi connectivity index (χ3n) is 7.98. The van der Waals surface area contributed by atoms with Crippen molar-refractivity contribution in [3.05, 3.63) is 132 Å². The fourth-order valence-electron chi connectivity index (χ4n) is 6.24. The van der Waals surface area contributed by atoms with Crippen molar-refractivity contribution in [2.24, 2.45) is 4.99 Å². The summed E-state index contributed by atoms with van der Waals surface area (Å²) in [4.78, 5) is 19.7. The summed E-state index contributed by atoms with van der Waals surface area (Å²) in [6, 6.07) is 37.4. The molecule has 0 saturated heterocycles. The number of rotatable bonds is 5. The molecule has 42 heavy (non-hydrogen) atoms. The molecule has 7 aromatic rings. The van der Waals surface area contributed by atoms with Crippen LogP contribution in [-0.4, -0.2) is 26.2 Å². The first kappa shape index (κ1) is 24.1. The van der Waals surface area contributed by atoms with Crippen LogP contribution < -0.4 is 0 Å². The van der Waals surface area contributed by atoms with Crippen LogP contribution in [0, 0.1) is 0 Å². The highest BCUT2D eigenvalue weighted by Crippen LogP contribution is 2.47. The van der Waals surface area contributed by atoms with Gasteiger partial charge in [-0.1, -0.05) is 109 Å². The van der Waals surface area contributed by atoms with E-state index in [-0.39, 0.29) is 0 Å². The molecule has 0 amide bonds. The monoisotopic (exact) mass is 539 g/mol. The van der Waals surface area contributed by atoms with Crippen molar-refractivity contribution < 1.29 is 0 Å². The lowest BCUT2D eigenvalue weighted by Crippen LogP contribution is -2.06. The smallest absolute Gasteiger partial charge is 0.238 e. The Kier molecular flexibility index (Phi) is 5.44. The van der Waals surface area contributed by atoms with E-state index >= 15 is 0 Å². The number of hydrogen-bond acceptors (Lipinski definition) is 4. The second kappa shape index (κ2) is 9.46. The summed E-state index contributed by atoms with van der Waals surface area (Å²) in [7, 11) is 0. The molecular formula is C37H25N5. The van der Waals surface area contributed by atoms with Gasteiger partial charge in [0.05, 0.1) is 16.7 Å². The molecule has 0 unspecified atom stereocenters. The van der Waals surface area contributed by atoms with Gasteiger partial charge in [0.15, 0.2) is 11.6 Å². The highest BCUT2D eigenvalue weighted by Gasteiger charge is 2.26. The van der Waals surface area contributed by atoms with Crippen molar-refractivity contribution in [2.75, 3.05) is 0 Å². The molecule has 0 bridgehead atoms. The maximum atomic E-state index is 5.09. The Morgan fingerprint density at radius 3 is 1.93 bits per heavy atom. The zero-order valence-electron chi connectivity index (χ0n) is 23.0. The van der Waals surface area contributed by atoms with Gasteiger partial charge in [-0.15, -0.1) is 0 Å². The van der Waals surface area contributed by atoms with E-state index in [2.05, 4.69) is 77.0 Å². The van der Waals surface area contributed by atoms with E-state index in [1.807, 2.05) is 67.6 Å². The summed E-state index contributed by atoms with van der Waals surface area (Å²) >= 11 is 0. The van der Waals surface area contributed by atoms with Crippen LogP contribution >= 0.6 is 0 Å². The molecule has 5 nitrogen and oxygen atoms in total. The minimum Gasteiger partial charge on any atom is -0.278 e. The Hall–Kier alpha value is -5.68. The number of aromatic nitrogens is 4. The van der Waals surface area contributed by atoms with Gasteiger partial charge >= 0.3 is 0 Å². The van der Waals surface area contributed by atoms with Crippen LogP contribution in [0.1, 0.15) is 18.1 Å². The van der Waals surface area contributed by atoms with Gasteiger partial charge in [-0.05, 0) is 42.1 Å². The summed E-state index contributed by atoms with van der Waals surface area (Å²) in [5, 5.41) is 4.65. The maximum Gasteiger partial charge on any atom is 0.238 e. The molecule has 0 N–H and O–H groups in total. The van der Waals surface area contributed by atoms with Crippen LogP contribution in [0.4, 0.5) is 0 Å². The second-order valence-electron chi connectivity index (χ2n) is 10.3. The van der Waals surface area contributed by atoms with Crippen LogP contribution in [0.2, 0.25) is 0 Å². The molecule has 0 fully saturated rings. The molecule has 1 aliphatic carbocycles. The molecule has 0 saturated carbocycles.